The normalized spacial score (nSPS) is 17.9. The van der Waals surface area contributed by atoms with Crippen LogP contribution in [0.5, 0.6) is 0 Å². The summed E-state index contributed by atoms with van der Waals surface area (Å²) >= 11 is 0. The number of alkyl carbamates (subject to hydrolysis) is 2. The Balaban J connectivity index is 1.42. The second-order valence-corrected chi connectivity index (χ2v) is 12.3. The summed E-state index contributed by atoms with van der Waals surface area (Å²) in [5.74, 6) is -1.93. The minimum Gasteiger partial charge on any atom is -0.480 e. The number of carboxylic acids is 1. The van der Waals surface area contributed by atoms with Crippen molar-refractivity contribution >= 4 is 24.1 Å². The van der Waals surface area contributed by atoms with Crippen LogP contribution in [0.15, 0.2) is 48.5 Å². The van der Waals surface area contributed by atoms with E-state index in [4.69, 9.17) is 14.2 Å². The molecule has 3 N–H and O–H groups in total. The largest absolute Gasteiger partial charge is 0.480 e. The number of hydrogen-bond acceptors (Lipinski definition) is 7. The Bertz CT molecular complexity index is 1310. The topological polar surface area (TPSA) is 144 Å². The minimum absolute atomic E-state index is 0.0661. The number of hydrogen-bond donors (Lipinski definition) is 3. The SMILES string of the molecule is CC(C)(C)OC(=O)NCCCC[C@H](NC(=O)OCC1c2ccccc2-c2ccccc21)C(=O)N1[C@@H](C(=O)O)COC1(C)C. The number of fused-ring (bicyclic) bond motifs is 3. The van der Waals surface area contributed by atoms with Crippen LogP contribution in [-0.2, 0) is 23.8 Å². The van der Waals surface area contributed by atoms with Gasteiger partial charge in [0.05, 0.1) is 6.61 Å². The molecule has 1 fully saturated rings. The van der Waals surface area contributed by atoms with Crippen molar-refractivity contribution in [3.05, 3.63) is 59.7 Å². The molecule has 2 aromatic carbocycles. The molecule has 232 valence electrons. The van der Waals surface area contributed by atoms with Gasteiger partial charge in [-0.25, -0.2) is 14.4 Å². The van der Waals surface area contributed by atoms with Crippen molar-refractivity contribution in [3.8, 4) is 11.1 Å². The van der Waals surface area contributed by atoms with Gasteiger partial charge in [0.1, 0.15) is 24.0 Å². The molecule has 1 heterocycles. The maximum absolute atomic E-state index is 13.8. The number of amides is 3. The van der Waals surface area contributed by atoms with E-state index in [0.717, 1.165) is 22.3 Å². The first kappa shape index (κ1) is 31.8. The lowest BCUT2D eigenvalue weighted by atomic mass is 9.98. The van der Waals surface area contributed by atoms with Crippen LogP contribution in [0.4, 0.5) is 9.59 Å². The molecule has 2 aliphatic rings. The van der Waals surface area contributed by atoms with E-state index in [-0.39, 0.29) is 25.6 Å². The number of ether oxygens (including phenoxy) is 3. The molecule has 0 bridgehead atoms. The second kappa shape index (κ2) is 13.0. The monoisotopic (exact) mass is 595 g/mol. The molecular formula is C32H41N3O8. The van der Waals surface area contributed by atoms with E-state index in [0.29, 0.717) is 19.4 Å². The average Bonchev–Trinajstić information content (AvgIpc) is 3.43. The fourth-order valence-electron chi connectivity index (χ4n) is 5.59. The molecule has 1 aliphatic heterocycles. The van der Waals surface area contributed by atoms with Gasteiger partial charge >= 0.3 is 18.2 Å². The van der Waals surface area contributed by atoms with E-state index in [1.807, 2.05) is 48.5 Å². The fourth-order valence-corrected chi connectivity index (χ4v) is 5.59. The van der Waals surface area contributed by atoms with Crippen molar-refractivity contribution in [1.29, 1.82) is 0 Å². The van der Waals surface area contributed by atoms with Crippen LogP contribution in [0.2, 0.25) is 0 Å². The van der Waals surface area contributed by atoms with Crippen molar-refractivity contribution in [2.75, 3.05) is 19.8 Å². The third kappa shape index (κ3) is 7.64. The molecule has 0 aromatic heterocycles. The number of rotatable bonds is 10. The first-order valence-corrected chi connectivity index (χ1v) is 14.6. The smallest absolute Gasteiger partial charge is 0.407 e. The summed E-state index contributed by atoms with van der Waals surface area (Å²) in [7, 11) is 0. The van der Waals surface area contributed by atoms with Crippen LogP contribution in [0.1, 0.15) is 70.9 Å². The van der Waals surface area contributed by atoms with Crippen molar-refractivity contribution < 1.29 is 38.5 Å². The Morgan fingerprint density at radius 1 is 1.00 bits per heavy atom. The van der Waals surface area contributed by atoms with Gasteiger partial charge in [0.2, 0.25) is 5.91 Å². The number of carbonyl (C=O) groups excluding carboxylic acids is 3. The number of unbranched alkanes of at least 4 members (excludes halogenated alkanes) is 1. The summed E-state index contributed by atoms with van der Waals surface area (Å²) in [5, 5.41) is 15.1. The average molecular weight is 596 g/mol. The van der Waals surface area contributed by atoms with Gasteiger partial charge in [-0.05, 0) is 76.1 Å². The van der Waals surface area contributed by atoms with Crippen LogP contribution >= 0.6 is 0 Å². The standard InChI is InChI=1S/C32H41N3O8/c1-31(2,3)43-29(39)33-17-11-10-16-25(27(36)35-26(28(37)38)19-42-32(35,4)5)34-30(40)41-18-24-22-14-8-6-12-20(22)21-13-7-9-15-23(21)24/h6-9,12-15,24-26H,10-11,16-19H2,1-5H3,(H,33,39)(H,34,40)(H,37,38)/t25-,26+/m0/s1. The molecule has 0 radical (unpaired) electrons. The number of nitrogens with one attached hydrogen (secondary N) is 2. The van der Waals surface area contributed by atoms with Crippen LogP contribution in [0.25, 0.3) is 11.1 Å². The molecule has 2 aromatic rings. The quantitative estimate of drug-likeness (QED) is 0.337. The van der Waals surface area contributed by atoms with Gasteiger partial charge in [-0.15, -0.1) is 0 Å². The molecule has 2 atom stereocenters. The highest BCUT2D eigenvalue weighted by Crippen LogP contribution is 2.44. The number of benzene rings is 2. The van der Waals surface area contributed by atoms with Gasteiger partial charge in [-0.3, -0.25) is 9.69 Å². The fraction of sp³-hybridized carbons (Fsp3) is 0.500. The lowest BCUT2D eigenvalue weighted by molar-refractivity contribution is -0.156. The molecule has 11 heteroatoms. The Labute approximate surface area is 251 Å². The lowest BCUT2D eigenvalue weighted by Gasteiger charge is -2.35. The summed E-state index contributed by atoms with van der Waals surface area (Å²) in [4.78, 5) is 51.9. The van der Waals surface area contributed by atoms with E-state index in [2.05, 4.69) is 10.6 Å². The summed E-state index contributed by atoms with van der Waals surface area (Å²) in [6.45, 7) is 8.74. The van der Waals surface area contributed by atoms with Gasteiger partial charge in [0.25, 0.3) is 0 Å². The van der Waals surface area contributed by atoms with E-state index >= 15 is 0 Å². The first-order chi connectivity index (χ1) is 20.3. The van der Waals surface area contributed by atoms with Crippen LogP contribution < -0.4 is 10.6 Å². The minimum atomic E-state index is -1.19. The third-order valence-electron chi connectivity index (χ3n) is 7.53. The third-order valence-corrected chi connectivity index (χ3v) is 7.53. The molecular weight excluding hydrogens is 554 g/mol. The van der Waals surface area contributed by atoms with Gasteiger partial charge in [-0.1, -0.05) is 48.5 Å². The number of nitrogens with zero attached hydrogens (tertiary/aromatic N) is 1. The Kier molecular flexibility index (Phi) is 9.64. The van der Waals surface area contributed by atoms with E-state index in [1.54, 1.807) is 34.6 Å². The van der Waals surface area contributed by atoms with Crippen molar-refractivity contribution in [1.82, 2.24) is 15.5 Å². The number of carboxylic acid groups (broad SMARTS) is 1. The maximum Gasteiger partial charge on any atom is 0.407 e. The van der Waals surface area contributed by atoms with E-state index < -0.39 is 47.5 Å². The van der Waals surface area contributed by atoms with Crippen LogP contribution in [0, 0.1) is 0 Å². The zero-order valence-corrected chi connectivity index (χ0v) is 25.3. The zero-order valence-electron chi connectivity index (χ0n) is 25.3. The Morgan fingerprint density at radius 2 is 1.60 bits per heavy atom. The zero-order chi connectivity index (χ0) is 31.4. The molecule has 1 aliphatic carbocycles. The molecule has 43 heavy (non-hydrogen) atoms. The predicted octanol–water partition coefficient (Wildman–Crippen LogP) is 4.64. The summed E-state index contributed by atoms with van der Waals surface area (Å²) in [6.07, 6.45) is -0.188. The lowest BCUT2D eigenvalue weighted by Crippen LogP contribution is -2.57. The first-order valence-electron chi connectivity index (χ1n) is 14.6. The van der Waals surface area contributed by atoms with E-state index in [1.165, 1.54) is 4.90 Å². The van der Waals surface area contributed by atoms with Crippen molar-refractivity contribution in [3.63, 3.8) is 0 Å². The Morgan fingerprint density at radius 3 is 2.19 bits per heavy atom. The highest BCUT2D eigenvalue weighted by Gasteiger charge is 2.49. The molecule has 11 nitrogen and oxygen atoms in total. The molecule has 0 spiro atoms. The Hall–Kier alpha value is -4.12. The second-order valence-electron chi connectivity index (χ2n) is 12.3. The molecule has 1 saturated heterocycles. The van der Waals surface area contributed by atoms with Gasteiger partial charge in [0.15, 0.2) is 6.04 Å². The van der Waals surface area contributed by atoms with Gasteiger partial charge in [-0.2, -0.15) is 0 Å². The maximum atomic E-state index is 13.8. The highest BCUT2D eigenvalue weighted by atomic mass is 16.6. The summed E-state index contributed by atoms with van der Waals surface area (Å²) in [6, 6.07) is 13.7. The van der Waals surface area contributed by atoms with Crippen molar-refractivity contribution in [2.45, 2.75) is 83.2 Å². The van der Waals surface area contributed by atoms with Crippen molar-refractivity contribution in [2.24, 2.45) is 0 Å². The molecule has 0 saturated carbocycles. The predicted molar refractivity (Wildman–Crippen MR) is 158 cm³/mol. The molecule has 0 unspecified atom stereocenters. The number of aliphatic carboxylic acids is 1. The van der Waals surface area contributed by atoms with Crippen LogP contribution in [-0.4, -0.2) is 77.2 Å². The highest BCUT2D eigenvalue weighted by molar-refractivity contribution is 5.90. The van der Waals surface area contributed by atoms with E-state index in [9.17, 15) is 24.3 Å². The summed E-state index contributed by atoms with van der Waals surface area (Å²) in [5.41, 5.74) is 2.50. The molecule has 4 rings (SSSR count). The molecule has 3 amide bonds. The van der Waals surface area contributed by atoms with Crippen LogP contribution in [0.3, 0.4) is 0 Å². The van der Waals surface area contributed by atoms with Gasteiger partial charge in [0, 0.05) is 12.5 Å². The summed E-state index contributed by atoms with van der Waals surface area (Å²) < 4.78 is 16.5. The number of carbonyl (C=O) groups is 4. The van der Waals surface area contributed by atoms with Gasteiger partial charge < -0.3 is 30.0 Å².